The smallest absolute Gasteiger partial charge is 0.120 e. The molecule has 15 heavy (non-hydrogen) atoms. The summed E-state index contributed by atoms with van der Waals surface area (Å²) >= 11 is 3.50. The zero-order chi connectivity index (χ0) is 10.8. The van der Waals surface area contributed by atoms with Gasteiger partial charge in [-0.15, -0.1) is 0 Å². The summed E-state index contributed by atoms with van der Waals surface area (Å²) in [6, 6.07) is 5.84. The van der Waals surface area contributed by atoms with Crippen molar-refractivity contribution in [1.29, 1.82) is 0 Å². The van der Waals surface area contributed by atoms with E-state index in [9.17, 15) is 0 Å². The molecule has 0 saturated heterocycles. The topological polar surface area (TPSA) is 48.1 Å². The molecule has 1 aromatic carbocycles. The van der Waals surface area contributed by atoms with Gasteiger partial charge in [-0.05, 0) is 23.6 Å². The Morgan fingerprint density at radius 3 is 2.87 bits per heavy atom. The quantitative estimate of drug-likeness (QED) is 0.909. The van der Waals surface area contributed by atoms with Gasteiger partial charge in [0.2, 0.25) is 0 Å². The Hall–Kier alpha value is -1.13. The Bertz CT molecular complexity index is 499. The Morgan fingerprint density at radius 1 is 1.40 bits per heavy atom. The van der Waals surface area contributed by atoms with Crippen molar-refractivity contribution in [1.82, 2.24) is 4.98 Å². The van der Waals surface area contributed by atoms with Gasteiger partial charge in [0.15, 0.2) is 0 Å². The van der Waals surface area contributed by atoms with E-state index in [1.54, 1.807) is 13.3 Å². The van der Waals surface area contributed by atoms with E-state index in [-0.39, 0.29) is 0 Å². The third-order valence-electron chi connectivity index (χ3n) is 2.31. The maximum Gasteiger partial charge on any atom is 0.120 e. The van der Waals surface area contributed by atoms with Crippen LogP contribution in [0.2, 0.25) is 0 Å². The van der Waals surface area contributed by atoms with Crippen LogP contribution in [-0.2, 0) is 6.54 Å². The number of methoxy groups -OCH3 is 1. The second kappa shape index (κ2) is 4.16. The molecule has 2 rings (SSSR count). The second-order valence-electron chi connectivity index (χ2n) is 3.17. The van der Waals surface area contributed by atoms with E-state index in [0.29, 0.717) is 6.54 Å². The number of hydrogen-bond donors (Lipinski definition) is 1. The fourth-order valence-electron chi connectivity index (χ4n) is 1.55. The maximum absolute atomic E-state index is 5.64. The highest BCUT2D eigenvalue weighted by Crippen LogP contribution is 2.30. The van der Waals surface area contributed by atoms with Crippen LogP contribution in [0, 0.1) is 0 Å². The summed E-state index contributed by atoms with van der Waals surface area (Å²) in [6.45, 7) is 0.428. The molecule has 3 nitrogen and oxygen atoms in total. The van der Waals surface area contributed by atoms with Gasteiger partial charge in [0.1, 0.15) is 5.75 Å². The predicted molar refractivity (Wildman–Crippen MR) is 63.9 cm³/mol. The number of pyridine rings is 1. The summed E-state index contributed by atoms with van der Waals surface area (Å²) < 4.78 is 6.20. The van der Waals surface area contributed by atoms with Crippen LogP contribution in [0.25, 0.3) is 10.8 Å². The lowest BCUT2D eigenvalue weighted by atomic mass is 10.1. The molecular weight excluding hydrogens is 256 g/mol. The van der Waals surface area contributed by atoms with Gasteiger partial charge in [0, 0.05) is 22.6 Å². The van der Waals surface area contributed by atoms with Crippen LogP contribution in [-0.4, -0.2) is 12.1 Å². The Balaban J connectivity index is 2.79. The summed E-state index contributed by atoms with van der Waals surface area (Å²) in [7, 11) is 1.64. The predicted octanol–water partition coefficient (Wildman–Crippen LogP) is 2.46. The van der Waals surface area contributed by atoms with Crippen molar-refractivity contribution in [2.45, 2.75) is 6.54 Å². The van der Waals surface area contributed by atoms with Crippen molar-refractivity contribution in [2.75, 3.05) is 7.11 Å². The number of hydrogen-bond acceptors (Lipinski definition) is 3. The average Bonchev–Trinajstić information content (AvgIpc) is 2.28. The molecule has 0 aliphatic carbocycles. The number of nitrogens with two attached hydrogens (primary N) is 1. The number of rotatable bonds is 2. The third-order valence-corrected chi connectivity index (χ3v) is 2.97. The van der Waals surface area contributed by atoms with Crippen LogP contribution < -0.4 is 10.5 Å². The van der Waals surface area contributed by atoms with Gasteiger partial charge in [0.05, 0.1) is 12.8 Å². The molecular formula is C11H11BrN2O. The van der Waals surface area contributed by atoms with Crippen molar-refractivity contribution >= 4 is 26.7 Å². The molecule has 0 aliphatic rings. The summed E-state index contributed by atoms with van der Waals surface area (Å²) in [5.74, 6) is 0.803. The Kier molecular flexibility index (Phi) is 2.88. The van der Waals surface area contributed by atoms with Crippen molar-refractivity contribution in [3.05, 3.63) is 34.6 Å². The lowest BCUT2D eigenvalue weighted by molar-refractivity contribution is 0.415. The Morgan fingerprint density at radius 2 is 2.20 bits per heavy atom. The van der Waals surface area contributed by atoms with E-state index in [1.165, 1.54) is 0 Å². The number of fused-ring (bicyclic) bond motifs is 1. The van der Waals surface area contributed by atoms with E-state index in [2.05, 4.69) is 20.9 Å². The largest absolute Gasteiger partial charge is 0.497 e. The fourth-order valence-corrected chi connectivity index (χ4v) is 2.12. The monoisotopic (exact) mass is 266 g/mol. The first-order valence-electron chi connectivity index (χ1n) is 4.57. The number of nitrogens with zero attached hydrogens (tertiary/aromatic N) is 1. The summed E-state index contributed by atoms with van der Waals surface area (Å²) in [4.78, 5) is 4.24. The van der Waals surface area contributed by atoms with E-state index < -0.39 is 0 Å². The molecule has 0 saturated carbocycles. The molecule has 4 heteroatoms. The summed E-state index contributed by atoms with van der Waals surface area (Å²) in [6.07, 6.45) is 1.77. The standard InChI is InChI=1S/C11H11BrN2O/c1-15-7-4-9-8(10(12)5-7)2-3-14-11(9)6-13/h2-5H,6,13H2,1H3. The van der Waals surface area contributed by atoms with E-state index in [4.69, 9.17) is 10.5 Å². The molecule has 2 aromatic rings. The van der Waals surface area contributed by atoms with E-state index in [0.717, 1.165) is 26.7 Å². The van der Waals surface area contributed by atoms with Gasteiger partial charge < -0.3 is 10.5 Å². The molecule has 2 N–H and O–H groups in total. The van der Waals surface area contributed by atoms with Gasteiger partial charge >= 0.3 is 0 Å². The van der Waals surface area contributed by atoms with Crippen LogP contribution in [0.1, 0.15) is 5.69 Å². The van der Waals surface area contributed by atoms with Crippen molar-refractivity contribution in [2.24, 2.45) is 5.73 Å². The zero-order valence-corrected chi connectivity index (χ0v) is 9.91. The molecule has 1 heterocycles. The highest BCUT2D eigenvalue weighted by atomic mass is 79.9. The molecule has 78 valence electrons. The molecule has 0 atom stereocenters. The van der Waals surface area contributed by atoms with E-state index >= 15 is 0 Å². The van der Waals surface area contributed by atoms with Crippen LogP contribution in [0.5, 0.6) is 5.75 Å². The molecule has 0 fully saturated rings. The SMILES string of the molecule is COc1cc(Br)c2ccnc(CN)c2c1. The van der Waals surface area contributed by atoms with Gasteiger partial charge in [-0.2, -0.15) is 0 Å². The number of halogens is 1. The number of ether oxygens (including phenoxy) is 1. The summed E-state index contributed by atoms with van der Waals surface area (Å²) in [5.41, 5.74) is 6.52. The van der Waals surface area contributed by atoms with Crippen molar-refractivity contribution in [3.8, 4) is 5.75 Å². The van der Waals surface area contributed by atoms with Crippen LogP contribution >= 0.6 is 15.9 Å². The number of aromatic nitrogens is 1. The average molecular weight is 267 g/mol. The summed E-state index contributed by atoms with van der Waals surface area (Å²) in [5, 5.41) is 2.14. The first-order chi connectivity index (χ1) is 7.26. The minimum Gasteiger partial charge on any atom is -0.497 e. The maximum atomic E-state index is 5.64. The fraction of sp³-hybridized carbons (Fsp3) is 0.182. The zero-order valence-electron chi connectivity index (χ0n) is 8.33. The van der Waals surface area contributed by atoms with Crippen LogP contribution in [0.15, 0.2) is 28.9 Å². The second-order valence-corrected chi connectivity index (χ2v) is 4.02. The van der Waals surface area contributed by atoms with Gasteiger partial charge in [-0.25, -0.2) is 0 Å². The first kappa shape index (κ1) is 10.4. The third kappa shape index (κ3) is 1.82. The van der Waals surface area contributed by atoms with E-state index in [1.807, 2.05) is 18.2 Å². The normalized spacial score (nSPS) is 10.6. The lowest BCUT2D eigenvalue weighted by Gasteiger charge is -2.07. The van der Waals surface area contributed by atoms with Gasteiger partial charge in [0.25, 0.3) is 0 Å². The van der Waals surface area contributed by atoms with Crippen LogP contribution in [0.3, 0.4) is 0 Å². The molecule has 0 spiro atoms. The molecule has 0 amide bonds. The van der Waals surface area contributed by atoms with Gasteiger partial charge in [-0.3, -0.25) is 4.98 Å². The van der Waals surface area contributed by atoms with Crippen LogP contribution in [0.4, 0.5) is 0 Å². The molecule has 0 unspecified atom stereocenters. The Labute approximate surface area is 96.4 Å². The molecule has 0 bridgehead atoms. The van der Waals surface area contributed by atoms with Crippen molar-refractivity contribution in [3.63, 3.8) is 0 Å². The minimum absolute atomic E-state index is 0.428. The van der Waals surface area contributed by atoms with Gasteiger partial charge in [-0.1, -0.05) is 15.9 Å². The molecule has 0 aliphatic heterocycles. The number of benzene rings is 1. The van der Waals surface area contributed by atoms with Crippen molar-refractivity contribution < 1.29 is 4.74 Å². The minimum atomic E-state index is 0.428. The molecule has 0 radical (unpaired) electrons. The lowest BCUT2D eigenvalue weighted by Crippen LogP contribution is -2.00. The highest BCUT2D eigenvalue weighted by molar-refractivity contribution is 9.10. The first-order valence-corrected chi connectivity index (χ1v) is 5.36. The molecule has 1 aromatic heterocycles. The highest BCUT2D eigenvalue weighted by Gasteiger charge is 2.06.